The summed E-state index contributed by atoms with van der Waals surface area (Å²) >= 11 is 1.70. The van der Waals surface area contributed by atoms with E-state index in [-0.39, 0.29) is 18.4 Å². The first-order valence-corrected chi connectivity index (χ1v) is 9.94. The van der Waals surface area contributed by atoms with E-state index in [1.165, 1.54) is 4.70 Å². The quantitative estimate of drug-likeness (QED) is 0.770. The molecule has 0 aliphatic carbocycles. The summed E-state index contributed by atoms with van der Waals surface area (Å²) in [6.45, 7) is 1.72. The normalized spacial score (nSPS) is 23.3. The zero-order chi connectivity index (χ0) is 17.9. The Balaban J connectivity index is 1.35. The molecule has 0 unspecified atom stereocenters. The average Bonchev–Trinajstić information content (AvgIpc) is 3.35. The Kier molecular flexibility index (Phi) is 5.17. The summed E-state index contributed by atoms with van der Waals surface area (Å²) < 4.78 is 11.6. The minimum atomic E-state index is -0.500. The maximum absolute atomic E-state index is 12.5. The smallest absolute Gasteiger partial charge is 0.335 e. The molecular weight excluding hydrogens is 352 g/mol. The molecule has 2 atom stereocenters. The second-order valence-electron chi connectivity index (χ2n) is 6.81. The van der Waals surface area contributed by atoms with Gasteiger partial charge in [0.15, 0.2) is 12.7 Å². The van der Waals surface area contributed by atoms with E-state index in [0.717, 1.165) is 29.8 Å². The van der Waals surface area contributed by atoms with Gasteiger partial charge in [-0.15, -0.1) is 11.3 Å². The summed E-state index contributed by atoms with van der Waals surface area (Å²) in [6.07, 6.45) is 3.01. The van der Waals surface area contributed by atoms with Crippen LogP contribution in [-0.2, 0) is 19.1 Å². The predicted octanol–water partition coefficient (Wildman–Crippen LogP) is 2.72. The number of carbonyl (C=O) groups is 2. The van der Waals surface area contributed by atoms with Gasteiger partial charge >= 0.3 is 5.97 Å². The van der Waals surface area contributed by atoms with Crippen molar-refractivity contribution in [2.24, 2.45) is 0 Å². The molecule has 1 amide bonds. The van der Waals surface area contributed by atoms with Gasteiger partial charge in [-0.25, -0.2) is 9.78 Å². The van der Waals surface area contributed by atoms with Crippen molar-refractivity contribution in [1.82, 2.24) is 9.88 Å². The largest absolute Gasteiger partial charge is 0.454 e. The van der Waals surface area contributed by atoms with Gasteiger partial charge in [-0.3, -0.25) is 4.79 Å². The van der Waals surface area contributed by atoms with Crippen molar-refractivity contribution in [2.75, 3.05) is 26.3 Å². The summed E-state index contributed by atoms with van der Waals surface area (Å²) in [4.78, 5) is 30.9. The lowest BCUT2D eigenvalue weighted by atomic mass is 9.99. The lowest BCUT2D eigenvalue weighted by molar-refractivity contribution is -0.160. The van der Waals surface area contributed by atoms with E-state index < -0.39 is 12.1 Å². The van der Waals surface area contributed by atoms with Crippen LogP contribution in [0.1, 0.15) is 36.6 Å². The van der Waals surface area contributed by atoms with Crippen LogP contribution >= 0.6 is 11.3 Å². The van der Waals surface area contributed by atoms with Crippen molar-refractivity contribution in [2.45, 2.75) is 37.7 Å². The molecule has 138 valence electrons. The predicted molar refractivity (Wildman–Crippen MR) is 98.1 cm³/mol. The molecule has 2 aliphatic rings. The van der Waals surface area contributed by atoms with Gasteiger partial charge in [0, 0.05) is 25.6 Å². The van der Waals surface area contributed by atoms with E-state index in [2.05, 4.69) is 6.07 Å². The number of esters is 1. The third-order valence-electron chi connectivity index (χ3n) is 4.96. The molecule has 6 nitrogen and oxygen atoms in total. The average molecular weight is 374 g/mol. The van der Waals surface area contributed by atoms with Crippen LogP contribution in [0, 0.1) is 0 Å². The molecule has 2 aromatic rings. The molecule has 2 aliphatic heterocycles. The Bertz CT molecular complexity index is 767. The molecule has 1 aromatic heterocycles. The number of rotatable bonds is 4. The number of hydrogen-bond acceptors (Lipinski definition) is 6. The van der Waals surface area contributed by atoms with Crippen molar-refractivity contribution in [1.29, 1.82) is 0 Å². The molecule has 4 rings (SSSR count). The Morgan fingerprint density at radius 1 is 1.27 bits per heavy atom. The van der Waals surface area contributed by atoms with Crippen LogP contribution in [-0.4, -0.2) is 54.2 Å². The van der Waals surface area contributed by atoms with Gasteiger partial charge < -0.3 is 14.4 Å². The third-order valence-corrected chi connectivity index (χ3v) is 6.16. The van der Waals surface area contributed by atoms with Crippen LogP contribution < -0.4 is 0 Å². The number of piperidine rings is 1. The topological polar surface area (TPSA) is 68.7 Å². The number of benzene rings is 1. The van der Waals surface area contributed by atoms with Crippen molar-refractivity contribution in [3.63, 3.8) is 0 Å². The molecule has 0 radical (unpaired) electrons. The van der Waals surface area contributed by atoms with Crippen LogP contribution in [0.4, 0.5) is 0 Å². The minimum Gasteiger partial charge on any atom is -0.454 e. The first-order valence-electron chi connectivity index (χ1n) is 9.12. The van der Waals surface area contributed by atoms with Crippen LogP contribution in [0.25, 0.3) is 10.2 Å². The van der Waals surface area contributed by atoms with Crippen LogP contribution in [0.5, 0.6) is 0 Å². The molecule has 7 heteroatoms. The maximum atomic E-state index is 12.5. The van der Waals surface area contributed by atoms with E-state index in [1.807, 2.05) is 18.2 Å². The molecule has 1 aromatic carbocycles. The van der Waals surface area contributed by atoms with Gasteiger partial charge in [0.1, 0.15) is 0 Å². The number of likely N-dealkylation sites (tertiary alicyclic amines) is 1. The lowest BCUT2D eigenvalue weighted by Crippen LogP contribution is -2.41. The SMILES string of the molecule is O=C(OCC(=O)N1CCC[C@H](c2nc3ccccc3s2)C1)[C@@H]1CCCO1. The Labute approximate surface area is 156 Å². The molecule has 0 spiro atoms. The van der Waals surface area contributed by atoms with Crippen molar-refractivity contribution >= 4 is 33.4 Å². The highest BCUT2D eigenvalue weighted by atomic mass is 32.1. The van der Waals surface area contributed by atoms with Gasteiger partial charge in [-0.1, -0.05) is 12.1 Å². The molecule has 0 bridgehead atoms. The number of ether oxygens (including phenoxy) is 2. The fourth-order valence-corrected chi connectivity index (χ4v) is 4.64. The first kappa shape index (κ1) is 17.4. The number of hydrogen-bond donors (Lipinski definition) is 0. The highest BCUT2D eigenvalue weighted by molar-refractivity contribution is 7.18. The van der Waals surface area contributed by atoms with E-state index in [1.54, 1.807) is 16.2 Å². The maximum Gasteiger partial charge on any atom is 0.335 e. The van der Waals surface area contributed by atoms with E-state index in [9.17, 15) is 9.59 Å². The van der Waals surface area contributed by atoms with Crippen molar-refractivity contribution < 1.29 is 19.1 Å². The number of carbonyl (C=O) groups excluding carboxylic acids is 2. The molecule has 3 heterocycles. The summed E-state index contributed by atoms with van der Waals surface area (Å²) in [5.74, 6) is -0.309. The number of thiazole rings is 1. The fourth-order valence-electron chi connectivity index (χ4n) is 3.55. The molecule has 2 saturated heterocycles. The molecule has 0 saturated carbocycles. The summed E-state index contributed by atoms with van der Waals surface area (Å²) in [5, 5.41) is 1.08. The minimum absolute atomic E-state index is 0.137. The van der Waals surface area contributed by atoms with E-state index in [0.29, 0.717) is 26.1 Å². The Morgan fingerprint density at radius 2 is 2.15 bits per heavy atom. The van der Waals surface area contributed by atoms with Gasteiger partial charge in [0.2, 0.25) is 0 Å². The molecule has 26 heavy (non-hydrogen) atoms. The van der Waals surface area contributed by atoms with Crippen LogP contribution in [0.2, 0.25) is 0 Å². The summed E-state index contributed by atoms with van der Waals surface area (Å²) in [6, 6.07) is 8.10. The van der Waals surface area contributed by atoms with Gasteiger partial charge in [0.05, 0.1) is 15.2 Å². The zero-order valence-electron chi connectivity index (χ0n) is 14.6. The second-order valence-corrected chi connectivity index (χ2v) is 7.87. The van der Waals surface area contributed by atoms with Crippen molar-refractivity contribution in [3.8, 4) is 0 Å². The number of fused-ring (bicyclic) bond motifs is 1. The summed E-state index contributed by atoms with van der Waals surface area (Å²) in [5.41, 5.74) is 1.02. The van der Waals surface area contributed by atoms with E-state index >= 15 is 0 Å². The lowest BCUT2D eigenvalue weighted by Gasteiger charge is -2.31. The number of para-hydroxylation sites is 1. The third kappa shape index (κ3) is 3.73. The highest BCUT2D eigenvalue weighted by Gasteiger charge is 2.29. The number of amides is 1. The second kappa shape index (κ2) is 7.72. The standard InChI is InChI=1S/C19H22N2O4S/c22-17(12-25-19(23)15-7-4-10-24-15)21-9-3-5-13(11-21)18-20-14-6-1-2-8-16(14)26-18/h1-2,6,8,13,15H,3-5,7,9-12H2/t13-,15-/m0/s1. The van der Waals surface area contributed by atoms with Crippen LogP contribution in [0.3, 0.4) is 0 Å². The van der Waals surface area contributed by atoms with Gasteiger partial charge in [0.25, 0.3) is 5.91 Å². The molecular formula is C19H22N2O4S. The van der Waals surface area contributed by atoms with Crippen LogP contribution in [0.15, 0.2) is 24.3 Å². The molecule has 2 fully saturated rings. The zero-order valence-corrected chi connectivity index (χ0v) is 15.4. The number of nitrogens with zero attached hydrogens (tertiary/aromatic N) is 2. The fraction of sp³-hybridized carbons (Fsp3) is 0.526. The highest BCUT2D eigenvalue weighted by Crippen LogP contribution is 2.32. The van der Waals surface area contributed by atoms with Crippen molar-refractivity contribution in [3.05, 3.63) is 29.3 Å². The van der Waals surface area contributed by atoms with E-state index in [4.69, 9.17) is 14.5 Å². The Morgan fingerprint density at radius 3 is 2.96 bits per heavy atom. The molecule has 0 N–H and O–H groups in total. The Hall–Kier alpha value is -1.99. The summed E-state index contributed by atoms with van der Waals surface area (Å²) in [7, 11) is 0. The number of aromatic nitrogens is 1. The monoisotopic (exact) mass is 374 g/mol. The van der Waals surface area contributed by atoms with Gasteiger partial charge in [-0.05, 0) is 37.8 Å². The van der Waals surface area contributed by atoms with Gasteiger partial charge in [-0.2, -0.15) is 0 Å². The first-order chi connectivity index (χ1) is 12.7.